The van der Waals surface area contributed by atoms with Crippen LogP contribution in [0.1, 0.15) is 0 Å². The molecule has 7 heteroatoms. The van der Waals surface area contributed by atoms with Gasteiger partial charge in [0.15, 0.2) is 0 Å². The summed E-state index contributed by atoms with van der Waals surface area (Å²) in [6.07, 6.45) is 0. The topological polar surface area (TPSA) is 87.1 Å². The second kappa shape index (κ2) is 5.44. The lowest BCUT2D eigenvalue weighted by Gasteiger charge is -2.13. The monoisotopic (exact) mass is 199 g/mol. The van der Waals surface area contributed by atoms with Gasteiger partial charge in [0.05, 0.1) is 13.2 Å². The Morgan fingerprint density at radius 1 is 1.42 bits per heavy atom. The lowest BCUT2D eigenvalue weighted by Crippen LogP contribution is -2.26. The third-order valence-electron chi connectivity index (χ3n) is 1.19. The van der Waals surface area contributed by atoms with E-state index in [2.05, 4.69) is 4.18 Å². The van der Waals surface area contributed by atoms with E-state index in [4.69, 9.17) is 9.66 Å². The molecule has 0 amide bonds. The number of likely N-dealkylation sites (N-methyl/N-ethyl adjacent to an activating group) is 1. The average Bonchev–Trinajstić information content (AvgIpc) is 1.84. The van der Waals surface area contributed by atoms with Gasteiger partial charge in [0.25, 0.3) is 0 Å². The van der Waals surface area contributed by atoms with Gasteiger partial charge in [-0.2, -0.15) is 8.42 Å². The Balaban J connectivity index is 3.44. The van der Waals surface area contributed by atoms with Crippen molar-refractivity contribution in [3.63, 3.8) is 0 Å². The summed E-state index contributed by atoms with van der Waals surface area (Å²) < 4.78 is 32.3. The fourth-order valence-corrected chi connectivity index (χ4v) is 0.866. The lowest BCUT2D eigenvalue weighted by atomic mass is 10.5. The molecule has 0 saturated carbocycles. The molecule has 74 valence electrons. The van der Waals surface area contributed by atoms with Crippen molar-refractivity contribution in [2.45, 2.75) is 0 Å². The zero-order valence-electron chi connectivity index (χ0n) is 6.80. The van der Waals surface area contributed by atoms with Crippen LogP contribution in [-0.2, 0) is 14.6 Å². The first-order valence-corrected chi connectivity index (χ1v) is 4.73. The number of rotatable bonds is 6. The highest BCUT2D eigenvalue weighted by Crippen LogP contribution is 1.87. The SMILES string of the molecule is CN(CCO)CCOS(=O)(=O)O. The van der Waals surface area contributed by atoms with Gasteiger partial charge in [0.2, 0.25) is 0 Å². The standard InChI is InChI=1S/C5H13NO5S/c1-6(2-4-7)3-5-11-12(8,9)10/h7H,2-5H2,1H3,(H,8,9,10). The van der Waals surface area contributed by atoms with Crippen molar-refractivity contribution in [3.8, 4) is 0 Å². The molecule has 0 aromatic rings. The molecule has 6 nitrogen and oxygen atoms in total. The van der Waals surface area contributed by atoms with Gasteiger partial charge >= 0.3 is 10.4 Å². The van der Waals surface area contributed by atoms with Gasteiger partial charge in [-0.05, 0) is 7.05 Å². The van der Waals surface area contributed by atoms with E-state index in [1.807, 2.05) is 0 Å². The largest absolute Gasteiger partial charge is 0.397 e. The summed E-state index contributed by atoms with van der Waals surface area (Å²) in [5.74, 6) is 0. The van der Waals surface area contributed by atoms with E-state index in [1.54, 1.807) is 11.9 Å². The molecule has 0 bridgehead atoms. The minimum atomic E-state index is -4.32. The Kier molecular flexibility index (Phi) is 5.34. The predicted molar refractivity (Wildman–Crippen MR) is 42.1 cm³/mol. The van der Waals surface area contributed by atoms with Gasteiger partial charge in [-0.3, -0.25) is 4.55 Å². The Morgan fingerprint density at radius 2 is 2.00 bits per heavy atom. The van der Waals surface area contributed by atoms with Crippen molar-refractivity contribution in [1.82, 2.24) is 4.90 Å². The molecular formula is C5H13NO5S. The highest BCUT2D eigenvalue weighted by atomic mass is 32.3. The second-order valence-corrected chi connectivity index (χ2v) is 3.37. The van der Waals surface area contributed by atoms with Crippen LogP contribution in [0.25, 0.3) is 0 Å². The molecule has 0 radical (unpaired) electrons. The molecule has 0 aromatic carbocycles. The van der Waals surface area contributed by atoms with Crippen LogP contribution in [-0.4, -0.2) is 56.3 Å². The van der Waals surface area contributed by atoms with Crippen LogP contribution in [0.3, 0.4) is 0 Å². The molecule has 0 aromatic heterocycles. The van der Waals surface area contributed by atoms with Crippen molar-refractivity contribution in [3.05, 3.63) is 0 Å². The first-order valence-electron chi connectivity index (χ1n) is 3.37. The number of hydrogen-bond acceptors (Lipinski definition) is 5. The highest BCUT2D eigenvalue weighted by molar-refractivity contribution is 7.80. The molecule has 0 aliphatic carbocycles. The molecule has 12 heavy (non-hydrogen) atoms. The molecule has 0 rings (SSSR count). The maximum Gasteiger partial charge on any atom is 0.397 e. The van der Waals surface area contributed by atoms with Gasteiger partial charge in [0, 0.05) is 13.1 Å². The molecule has 0 spiro atoms. The third-order valence-corrected chi connectivity index (χ3v) is 1.65. The van der Waals surface area contributed by atoms with Crippen LogP contribution < -0.4 is 0 Å². The normalized spacial score (nSPS) is 12.3. The van der Waals surface area contributed by atoms with Crippen LogP contribution >= 0.6 is 0 Å². The fraction of sp³-hybridized carbons (Fsp3) is 1.00. The summed E-state index contributed by atoms with van der Waals surface area (Å²) in [6, 6.07) is 0. The van der Waals surface area contributed by atoms with Crippen molar-refractivity contribution in [2.75, 3.05) is 33.4 Å². The molecule has 2 N–H and O–H groups in total. The van der Waals surface area contributed by atoms with Gasteiger partial charge in [0.1, 0.15) is 0 Å². The third kappa shape index (κ3) is 7.89. The van der Waals surface area contributed by atoms with E-state index >= 15 is 0 Å². The lowest BCUT2D eigenvalue weighted by molar-refractivity contribution is 0.186. The summed E-state index contributed by atoms with van der Waals surface area (Å²) in [4.78, 5) is 1.67. The molecule has 0 aliphatic rings. The van der Waals surface area contributed by atoms with Crippen molar-refractivity contribution >= 4 is 10.4 Å². The smallest absolute Gasteiger partial charge is 0.395 e. The maximum atomic E-state index is 10.0. The Labute approximate surface area is 71.7 Å². The van der Waals surface area contributed by atoms with Crippen LogP contribution in [0, 0.1) is 0 Å². The predicted octanol–water partition coefficient (Wildman–Crippen LogP) is -1.27. The van der Waals surface area contributed by atoms with E-state index in [0.29, 0.717) is 13.1 Å². The fourth-order valence-electron chi connectivity index (χ4n) is 0.581. The Morgan fingerprint density at radius 3 is 2.42 bits per heavy atom. The second-order valence-electron chi connectivity index (χ2n) is 2.28. The Hall–Kier alpha value is -0.210. The van der Waals surface area contributed by atoms with E-state index < -0.39 is 10.4 Å². The number of aliphatic hydroxyl groups excluding tert-OH is 1. The molecule has 0 fully saturated rings. The molecular weight excluding hydrogens is 186 g/mol. The van der Waals surface area contributed by atoms with Crippen LogP contribution in [0.4, 0.5) is 0 Å². The van der Waals surface area contributed by atoms with Crippen molar-refractivity contribution in [1.29, 1.82) is 0 Å². The van der Waals surface area contributed by atoms with Crippen molar-refractivity contribution in [2.24, 2.45) is 0 Å². The minimum Gasteiger partial charge on any atom is -0.395 e. The number of aliphatic hydroxyl groups is 1. The van der Waals surface area contributed by atoms with Crippen LogP contribution in [0.5, 0.6) is 0 Å². The first kappa shape index (κ1) is 11.8. The van der Waals surface area contributed by atoms with Gasteiger partial charge in [-0.1, -0.05) is 0 Å². The molecule has 0 atom stereocenters. The van der Waals surface area contributed by atoms with Crippen LogP contribution in [0.15, 0.2) is 0 Å². The van der Waals surface area contributed by atoms with Crippen LogP contribution in [0.2, 0.25) is 0 Å². The number of hydrogen-bond donors (Lipinski definition) is 2. The quantitative estimate of drug-likeness (QED) is 0.519. The van der Waals surface area contributed by atoms with E-state index in [-0.39, 0.29) is 13.2 Å². The van der Waals surface area contributed by atoms with E-state index in [1.165, 1.54) is 0 Å². The first-order chi connectivity index (χ1) is 5.45. The zero-order chi connectivity index (χ0) is 9.61. The van der Waals surface area contributed by atoms with E-state index in [9.17, 15) is 8.42 Å². The summed E-state index contributed by atoms with van der Waals surface area (Å²) in [6.45, 7) is 0.660. The molecule has 0 saturated heterocycles. The molecule has 0 aliphatic heterocycles. The van der Waals surface area contributed by atoms with Gasteiger partial charge in [-0.25, -0.2) is 4.18 Å². The summed E-state index contributed by atoms with van der Waals surface area (Å²) in [5.41, 5.74) is 0. The minimum absolute atomic E-state index is 0.00236. The molecule has 0 unspecified atom stereocenters. The highest BCUT2D eigenvalue weighted by Gasteiger charge is 2.04. The average molecular weight is 199 g/mol. The maximum absolute atomic E-state index is 10.0. The summed E-state index contributed by atoms with van der Waals surface area (Å²) >= 11 is 0. The summed E-state index contributed by atoms with van der Waals surface area (Å²) in [7, 11) is -2.63. The Bertz CT molecular complexity index is 202. The summed E-state index contributed by atoms with van der Waals surface area (Å²) in [5, 5.41) is 8.45. The van der Waals surface area contributed by atoms with E-state index in [0.717, 1.165) is 0 Å². The van der Waals surface area contributed by atoms with Gasteiger partial charge in [-0.15, -0.1) is 0 Å². The zero-order valence-corrected chi connectivity index (χ0v) is 7.62. The number of nitrogens with zero attached hydrogens (tertiary/aromatic N) is 1. The molecule has 0 heterocycles. The van der Waals surface area contributed by atoms with Gasteiger partial charge < -0.3 is 10.0 Å². The van der Waals surface area contributed by atoms with Crippen molar-refractivity contribution < 1.29 is 22.3 Å².